The fourth-order valence-corrected chi connectivity index (χ4v) is 3.92. The number of unbranched alkanes of at least 4 members (excludes halogenated alkanes) is 11. The number of rotatable bonds is 16. The van der Waals surface area contributed by atoms with Crippen LogP contribution < -0.4 is 0 Å². The van der Waals surface area contributed by atoms with Gasteiger partial charge >= 0.3 is 5.97 Å². The Morgan fingerprint density at radius 2 is 1.52 bits per heavy atom. The Bertz CT molecular complexity index is 439. The summed E-state index contributed by atoms with van der Waals surface area (Å²) in [4.78, 5) is 15.6. The smallest absolute Gasteiger partial charge is 0.317 e. The molecule has 0 amide bonds. The molecule has 1 rings (SSSR count). The van der Waals surface area contributed by atoms with Crippen molar-refractivity contribution in [3.8, 4) is 0 Å². The zero-order valence-corrected chi connectivity index (χ0v) is 16.6. The highest BCUT2D eigenvalue weighted by atomic mass is 32.2. The minimum absolute atomic E-state index is 0.377. The molecule has 4 heteroatoms. The van der Waals surface area contributed by atoms with Gasteiger partial charge in [-0.3, -0.25) is 4.79 Å². The molecule has 0 aromatic carbocycles. The van der Waals surface area contributed by atoms with E-state index in [2.05, 4.69) is 11.9 Å². The molecule has 1 N–H and O–H groups in total. The molecular formula is C21H35NO2S. The van der Waals surface area contributed by atoms with Crippen molar-refractivity contribution in [1.82, 2.24) is 4.98 Å². The fraction of sp³-hybridized carbons (Fsp3) is 0.714. The van der Waals surface area contributed by atoms with E-state index in [0.717, 1.165) is 24.3 Å². The van der Waals surface area contributed by atoms with E-state index < -0.39 is 5.97 Å². The molecule has 0 aliphatic carbocycles. The summed E-state index contributed by atoms with van der Waals surface area (Å²) in [5, 5.41) is 9.79. The molecule has 0 saturated carbocycles. The van der Waals surface area contributed by atoms with Gasteiger partial charge in [0.2, 0.25) is 0 Å². The molecule has 1 unspecified atom stereocenters. The van der Waals surface area contributed by atoms with E-state index in [4.69, 9.17) is 0 Å². The van der Waals surface area contributed by atoms with Crippen LogP contribution in [0, 0.1) is 0 Å². The highest BCUT2D eigenvalue weighted by molar-refractivity contribution is 8.00. The number of nitrogens with zero attached hydrogens (tertiary/aromatic N) is 1. The van der Waals surface area contributed by atoms with E-state index in [9.17, 15) is 9.90 Å². The molecule has 0 spiro atoms. The van der Waals surface area contributed by atoms with E-state index >= 15 is 0 Å². The van der Waals surface area contributed by atoms with Gasteiger partial charge in [-0.25, -0.2) is 4.98 Å². The summed E-state index contributed by atoms with van der Waals surface area (Å²) < 4.78 is 0. The molecule has 0 radical (unpaired) electrons. The summed E-state index contributed by atoms with van der Waals surface area (Å²) in [5.41, 5.74) is 0. The lowest BCUT2D eigenvalue weighted by molar-refractivity contribution is -0.136. The van der Waals surface area contributed by atoms with E-state index in [0.29, 0.717) is 0 Å². The number of carbonyl (C=O) groups is 1. The summed E-state index contributed by atoms with van der Waals surface area (Å²) in [6.07, 6.45) is 18.1. The number of aromatic nitrogens is 1. The molecule has 3 nitrogen and oxygen atoms in total. The van der Waals surface area contributed by atoms with Gasteiger partial charge in [-0.15, -0.1) is 0 Å². The number of thioether (sulfide) groups is 1. The molecule has 0 saturated heterocycles. The van der Waals surface area contributed by atoms with Gasteiger partial charge in [0.25, 0.3) is 0 Å². The van der Waals surface area contributed by atoms with E-state index in [-0.39, 0.29) is 5.25 Å². The molecule has 142 valence electrons. The van der Waals surface area contributed by atoms with E-state index in [1.54, 1.807) is 6.20 Å². The van der Waals surface area contributed by atoms with Gasteiger partial charge in [0.1, 0.15) is 5.25 Å². The largest absolute Gasteiger partial charge is 0.480 e. The van der Waals surface area contributed by atoms with Crippen molar-refractivity contribution >= 4 is 17.7 Å². The maximum absolute atomic E-state index is 11.4. The van der Waals surface area contributed by atoms with Crippen LogP contribution in [0.15, 0.2) is 29.4 Å². The van der Waals surface area contributed by atoms with Crippen molar-refractivity contribution in [3.05, 3.63) is 24.4 Å². The van der Waals surface area contributed by atoms with Gasteiger partial charge in [-0.05, 0) is 18.6 Å². The predicted molar refractivity (Wildman–Crippen MR) is 107 cm³/mol. The molecule has 1 atom stereocenters. The first-order valence-corrected chi connectivity index (χ1v) is 10.9. The lowest BCUT2D eigenvalue weighted by atomic mass is 10.0. The Labute approximate surface area is 158 Å². The van der Waals surface area contributed by atoms with Gasteiger partial charge in [-0.2, -0.15) is 0 Å². The van der Waals surface area contributed by atoms with Crippen LogP contribution in [-0.2, 0) is 4.79 Å². The van der Waals surface area contributed by atoms with E-state index in [1.807, 2.05) is 18.2 Å². The van der Waals surface area contributed by atoms with Crippen LogP contribution in [0.4, 0.5) is 0 Å². The van der Waals surface area contributed by atoms with Gasteiger partial charge in [0, 0.05) is 6.20 Å². The Morgan fingerprint density at radius 1 is 0.960 bits per heavy atom. The molecule has 1 aromatic rings. The first-order chi connectivity index (χ1) is 12.2. The standard InChI is InChI=1S/C21H35NO2S/c1-2-3-4-5-6-7-8-9-10-11-12-13-16-19(21(23)24)25-20-17-14-15-18-22-20/h14-15,17-19H,2-13,16H2,1H3,(H,23,24). The van der Waals surface area contributed by atoms with Crippen LogP contribution in [0.3, 0.4) is 0 Å². The summed E-state index contributed by atoms with van der Waals surface area (Å²) in [5.74, 6) is -0.723. The van der Waals surface area contributed by atoms with Crippen LogP contribution in [0.25, 0.3) is 0 Å². The normalized spacial score (nSPS) is 12.2. The molecular weight excluding hydrogens is 330 g/mol. The third kappa shape index (κ3) is 12.0. The van der Waals surface area contributed by atoms with E-state index in [1.165, 1.54) is 76.0 Å². The Kier molecular flexibility index (Phi) is 13.4. The number of carboxylic acids is 1. The lowest BCUT2D eigenvalue weighted by Crippen LogP contribution is -2.16. The van der Waals surface area contributed by atoms with Gasteiger partial charge in [-0.1, -0.05) is 102 Å². The molecule has 0 bridgehead atoms. The summed E-state index contributed by atoms with van der Waals surface area (Å²) in [6, 6.07) is 5.63. The van der Waals surface area contributed by atoms with Crippen molar-refractivity contribution in [2.24, 2.45) is 0 Å². The first kappa shape index (κ1) is 22.0. The molecule has 25 heavy (non-hydrogen) atoms. The number of aliphatic carboxylic acids is 1. The SMILES string of the molecule is CCCCCCCCCCCCCCC(Sc1ccccn1)C(=O)O. The van der Waals surface area contributed by atoms with Crippen molar-refractivity contribution < 1.29 is 9.90 Å². The predicted octanol–water partition coefficient (Wildman–Crippen LogP) is 6.72. The summed E-state index contributed by atoms with van der Waals surface area (Å²) >= 11 is 1.37. The minimum Gasteiger partial charge on any atom is -0.480 e. The average Bonchev–Trinajstić information content (AvgIpc) is 2.62. The molecule has 0 aliphatic rings. The van der Waals surface area contributed by atoms with Crippen LogP contribution in [0.2, 0.25) is 0 Å². The van der Waals surface area contributed by atoms with Gasteiger partial charge in [0.05, 0.1) is 5.03 Å². The van der Waals surface area contributed by atoms with Gasteiger partial charge < -0.3 is 5.11 Å². The Morgan fingerprint density at radius 3 is 2.00 bits per heavy atom. The zero-order chi connectivity index (χ0) is 18.2. The number of hydrogen-bond acceptors (Lipinski definition) is 3. The van der Waals surface area contributed by atoms with Crippen molar-refractivity contribution in [2.75, 3.05) is 0 Å². The summed E-state index contributed by atoms with van der Waals surface area (Å²) in [7, 11) is 0. The quantitative estimate of drug-likeness (QED) is 0.261. The minimum atomic E-state index is -0.723. The molecule has 1 aromatic heterocycles. The maximum atomic E-state index is 11.4. The zero-order valence-electron chi connectivity index (χ0n) is 15.8. The summed E-state index contributed by atoms with van der Waals surface area (Å²) in [6.45, 7) is 2.26. The Hall–Kier alpha value is -1.03. The lowest BCUT2D eigenvalue weighted by Gasteiger charge is -2.11. The van der Waals surface area contributed by atoms with Crippen LogP contribution in [0.5, 0.6) is 0 Å². The van der Waals surface area contributed by atoms with Gasteiger partial charge in [0.15, 0.2) is 0 Å². The number of carboxylic acid groups (broad SMARTS) is 1. The molecule has 1 heterocycles. The first-order valence-electron chi connectivity index (χ1n) is 10.0. The van der Waals surface area contributed by atoms with Crippen molar-refractivity contribution in [3.63, 3.8) is 0 Å². The van der Waals surface area contributed by atoms with Crippen LogP contribution >= 0.6 is 11.8 Å². The monoisotopic (exact) mass is 365 g/mol. The second-order valence-corrected chi connectivity index (χ2v) is 8.01. The highest BCUT2D eigenvalue weighted by Gasteiger charge is 2.18. The molecule has 0 fully saturated rings. The maximum Gasteiger partial charge on any atom is 0.317 e. The second kappa shape index (κ2) is 15.2. The van der Waals surface area contributed by atoms with Crippen molar-refractivity contribution in [2.45, 2.75) is 101 Å². The topological polar surface area (TPSA) is 50.2 Å². The molecule has 0 aliphatic heterocycles. The second-order valence-electron chi connectivity index (χ2n) is 6.79. The third-order valence-corrected chi connectivity index (χ3v) is 5.70. The van der Waals surface area contributed by atoms with Crippen molar-refractivity contribution in [1.29, 1.82) is 0 Å². The highest BCUT2D eigenvalue weighted by Crippen LogP contribution is 2.25. The number of hydrogen-bond donors (Lipinski definition) is 1. The average molecular weight is 366 g/mol. The fourth-order valence-electron chi connectivity index (χ4n) is 2.97. The van der Waals surface area contributed by atoms with Crippen LogP contribution in [0.1, 0.15) is 90.4 Å². The number of pyridine rings is 1. The third-order valence-electron chi connectivity index (χ3n) is 4.50. The Balaban J connectivity index is 1.99. The van der Waals surface area contributed by atoms with Crippen LogP contribution in [-0.4, -0.2) is 21.3 Å².